The third-order valence-corrected chi connectivity index (χ3v) is 6.88. The Morgan fingerprint density at radius 2 is 2.17 bits per heavy atom. The van der Waals surface area contributed by atoms with Gasteiger partial charge in [-0.1, -0.05) is 7.92 Å². The van der Waals surface area contributed by atoms with Gasteiger partial charge in [0.25, 0.3) is 0 Å². The summed E-state index contributed by atoms with van der Waals surface area (Å²) in [6, 6.07) is -0.0491. The van der Waals surface area contributed by atoms with Gasteiger partial charge in [-0.2, -0.15) is 0 Å². The number of hydrazine groups is 1. The molecule has 2 aliphatic rings. The number of rotatable bonds is 2. The lowest BCUT2D eigenvalue weighted by Gasteiger charge is -2.31. The Kier molecular flexibility index (Phi) is 4.10. The Morgan fingerprint density at radius 3 is 2.61 bits per heavy atom. The molecule has 0 radical (unpaired) electrons. The second-order valence-electron chi connectivity index (χ2n) is 5.31. The van der Waals surface area contributed by atoms with E-state index in [4.69, 9.17) is 0 Å². The Morgan fingerprint density at radius 1 is 1.44 bits per heavy atom. The highest BCUT2D eigenvalue weighted by Crippen LogP contribution is 2.60. The monoisotopic (exact) mass is 272 g/mol. The molecule has 102 valence electrons. The first kappa shape index (κ1) is 13.6. The fourth-order valence-corrected chi connectivity index (χ4v) is 6.28. The van der Waals surface area contributed by atoms with Gasteiger partial charge >= 0.3 is 6.09 Å². The third-order valence-electron chi connectivity index (χ3n) is 3.75. The molecular weight excluding hydrogens is 251 g/mol. The van der Waals surface area contributed by atoms with Gasteiger partial charge in [-0.15, -0.1) is 0 Å². The highest BCUT2D eigenvalue weighted by atomic mass is 31.1. The SMILES string of the molecule is COC(=O)NN(C(=O)[C@H]1CC2CCP1C2)C(C)C. The third kappa shape index (κ3) is 2.61. The van der Waals surface area contributed by atoms with Crippen LogP contribution in [-0.2, 0) is 9.53 Å². The molecule has 0 saturated carbocycles. The number of nitrogens with one attached hydrogen (secondary N) is 1. The second-order valence-corrected chi connectivity index (χ2v) is 7.92. The lowest BCUT2D eigenvalue weighted by atomic mass is 10.0. The zero-order valence-corrected chi connectivity index (χ0v) is 12.1. The zero-order chi connectivity index (χ0) is 13.3. The Hall–Kier alpha value is -0.830. The number of ether oxygens (including phenoxy) is 1. The topological polar surface area (TPSA) is 58.6 Å². The molecule has 2 heterocycles. The highest BCUT2D eigenvalue weighted by molar-refractivity contribution is 7.60. The molecule has 2 amide bonds. The van der Waals surface area contributed by atoms with Crippen molar-refractivity contribution in [2.75, 3.05) is 19.4 Å². The first-order chi connectivity index (χ1) is 8.52. The maximum absolute atomic E-state index is 12.5. The molecule has 0 aromatic rings. The van der Waals surface area contributed by atoms with Crippen LogP contribution >= 0.6 is 7.92 Å². The van der Waals surface area contributed by atoms with Gasteiger partial charge < -0.3 is 4.74 Å². The molecule has 0 aliphatic carbocycles. The molecule has 0 aromatic heterocycles. The van der Waals surface area contributed by atoms with Crippen LogP contribution in [0.4, 0.5) is 4.79 Å². The molecule has 2 aliphatic heterocycles. The summed E-state index contributed by atoms with van der Waals surface area (Å²) in [4.78, 5) is 23.8. The van der Waals surface area contributed by atoms with E-state index in [0.29, 0.717) is 0 Å². The van der Waals surface area contributed by atoms with Gasteiger partial charge in [-0.05, 0) is 44.9 Å². The normalized spacial score (nSPS) is 29.4. The molecule has 6 heteroatoms. The molecule has 3 atom stereocenters. The van der Waals surface area contributed by atoms with Gasteiger partial charge in [0.1, 0.15) is 0 Å². The van der Waals surface area contributed by atoms with Gasteiger partial charge in [-0.3, -0.25) is 4.79 Å². The largest absolute Gasteiger partial charge is 0.452 e. The van der Waals surface area contributed by atoms with Crippen LogP contribution in [0, 0.1) is 5.92 Å². The lowest BCUT2D eigenvalue weighted by Crippen LogP contribution is -2.53. The standard InChI is InChI=1S/C12H21N2O3P/c1-8(2)14(13-12(16)17-3)11(15)10-6-9-4-5-18(10)7-9/h8-10H,4-7H2,1-3H3,(H,13,16)/t9?,10-,18?/m1/s1. The van der Waals surface area contributed by atoms with Gasteiger partial charge in [-0.25, -0.2) is 15.2 Å². The fourth-order valence-electron chi connectivity index (χ4n) is 2.80. The van der Waals surface area contributed by atoms with Crippen molar-refractivity contribution in [2.45, 2.75) is 38.4 Å². The summed E-state index contributed by atoms with van der Waals surface area (Å²) in [7, 11) is 1.16. The quantitative estimate of drug-likeness (QED) is 0.615. The number of nitrogens with zero attached hydrogens (tertiary/aromatic N) is 1. The van der Waals surface area contributed by atoms with E-state index in [1.54, 1.807) is 0 Å². The van der Waals surface area contributed by atoms with Crippen molar-refractivity contribution < 1.29 is 14.3 Å². The van der Waals surface area contributed by atoms with Gasteiger partial charge in [0.2, 0.25) is 5.91 Å². The summed E-state index contributed by atoms with van der Waals surface area (Å²) in [5.41, 5.74) is 2.69. The van der Waals surface area contributed by atoms with E-state index in [1.165, 1.54) is 30.9 Å². The van der Waals surface area contributed by atoms with Crippen LogP contribution in [0.15, 0.2) is 0 Å². The maximum atomic E-state index is 12.5. The molecule has 2 unspecified atom stereocenters. The number of methoxy groups -OCH3 is 1. The van der Waals surface area contributed by atoms with Crippen LogP contribution in [0.1, 0.15) is 26.7 Å². The predicted molar refractivity (Wildman–Crippen MR) is 70.7 cm³/mol. The lowest BCUT2D eigenvalue weighted by molar-refractivity contribution is -0.135. The first-order valence-electron chi connectivity index (χ1n) is 6.44. The summed E-state index contributed by atoms with van der Waals surface area (Å²) in [6.45, 7) is 3.79. The fraction of sp³-hybridized carbons (Fsp3) is 0.833. The minimum Gasteiger partial charge on any atom is -0.452 e. The number of amides is 2. The number of hydrogen-bond acceptors (Lipinski definition) is 3. The van der Waals surface area contributed by atoms with Crippen LogP contribution in [0.3, 0.4) is 0 Å². The predicted octanol–water partition coefficient (Wildman–Crippen LogP) is 1.77. The summed E-state index contributed by atoms with van der Waals surface area (Å²) < 4.78 is 4.57. The van der Waals surface area contributed by atoms with Crippen molar-refractivity contribution in [3.05, 3.63) is 0 Å². The Bertz CT molecular complexity index is 348. The van der Waals surface area contributed by atoms with Crippen LogP contribution in [0.25, 0.3) is 0 Å². The maximum Gasteiger partial charge on any atom is 0.425 e. The number of carbonyl (C=O) groups excluding carboxylic acids is 2. The van der Waals surface area contributed by atoms with Crippen molar-refractivity contribution in [2.24, 2.45) is 5.92 Å². The molecule has 2 rings (SSSR count). The number of fused-ring (bicyclic) bond motifs is 2. The van der Waals surface area contributed by atoms with Crippen molar-refractivity contribution in [3.8, 4) is 0 Å². The molecule has 0 spiro atoms. The molecule has 2 bridgehead atoms. The summed E-state index contributed by atoms with van der Waals surface area (Å²) in [5, 5.41) is 1.44. The van der Waals surface area contributed by atoms with Crippen LogP contribution < -0.4 is 5.43 Å². The minimum atomic E-state index is -0.576. The molecular formula is C12H21N2O3P. The highest BCUT2D eigenvalue weighted by Gasteiger charge is 2.44. The van der Waals surface area contributed by atoms with Crippen LogP contribution in [0.2, 0.25) is 0 Å². The Labute approximate surface area is 109 Å². The van der Waals surface area contributed by atoms with E-state index in [0.717, 1.165) is 12.3 Å². The molecule has 2 saturated heterocycles. The van der Waals surface area contributed by atoms with Crippen LogP contribution in [-0.4, -0.2) is 48.1 Å². The first-order valence-corrected chi connectivity index (χ1v) is 8.22. The Balaban J connectivity index is 2.02. The summed E-state index contributed by atoms with van der Waals surface area (Å²) in [6.07, 6.45) is 4.20. The van der Waals surface area contributed by atoms with E-state index in [1.807, 2.05) is 13.8 Å². The second kappa shape index (κ2) is 5.43. The smallest absolute Gasteiger partial charge is 0.425 e. The molecule has 2 fully saturated rings. The molecule has 1 N–H and O–H groups in total. The summed E-state index contributed by atoms with van der Waals surface area (Å²) in [5.74, 6) is 0.820. The average Bonchev–Trinajstić information content (AvgIpc) is 2.96. The van der Waals surface area contributed by atoms with E-state index >= 15 is 0 Å². The van der Waals surface area contributed by atoms with Crippen molar-refractivity contribution >= 4 is 19.9 Å². The molecule has 0 aromatic carbocycles. The number of carbonyl (C=O) groups is 2. The zero-order valence-electron chi connectivity index (χ0n) is 11.2. The van der Waals surface area contributed by atoms with E-state index in [2.05, 4.69) is 10.2 Å². The van der Waals surface area contributed by atoms with Crippen molar-refractivity contribution in [3.63, 3.8) is 0 Å². The average molecular weight is 272 g/mol. The molecule has 18 heavy (non-hydrogen) atoms. The van der Waals surface area contributed by atoms with Gasteiger partial charge in [0, 0.05) is 6.04 Å². The molecule has 5 nitrogen and oxygen atoms in total. The number of hydrogen-bond donors (Lipinski definition) is 1. The minimum absolute atomic E-state index is 0.0491. The van der Waals surface area contributed by atoms with Gasteiger partial charge in [0.05, 0.1) is 12.8 Å². The van der Waals surface area contributed by atoms with Crippen molar-refractivity contribution in [1.29, 1.82) is 0 Å². The summed E-state index contributed by atoms with van der Waals surface area (Å²) >= 11 is 0. The van der Waals surface area contributed by atoms with E-state index < -0.39 is 6.09 Å². The van der Waals surface area contributed by atoms with Crippen LogP contribution in [0.5, 0.6) is 0 Å². The van der Waals surface area contributed by atoms with Gasteiger partial charge in [0.15, 0.2) is 0 Å². The van der Waals surface area contributed by atoms with E-state index in [9.17, 15) is 9.59 Å². The van der Waals surface area contributed by atoms with Crippen molar-refractivity contribution in [1.82, 2.24) is 10.4 Å². The van der Waals surface area contributed by atoms with E-state index in [-0.39, 0.29) is 25.5 Å².